The maximum absolute atomic E-state index is 12.3. The van der Waals surface area contributed by atoms with Crippen LogP contribution in [0, 0.1) is 24.0 Å². The second kappa shape index (κ2) is 8.48. The number of rotatable bonds is 6. The zero-order valence-electron chi connectivity index (χ0n) is 14.9. The molecular weight excluding hydrogens is 448 g/mol. The molecule has 0 unspecified atom stereocenters. The summed E-state index contributed by atoms with van der Waals surface area (Å²) < 4.78 is 2.39. The number of carbonyl (C=O) groups is 1. The number of nitrogens with zero attached hydrogens (tertiary/aromatic N) is 5. The molecule has 0 spiro atoms. The molecule has 0 aliphatic carbocycles. The summed E-state index contributed by atoms with van der Waals surface area (Å²) in [6.07, 6.45) is 0. The fraction of sp³-hybridized carbons (Fsp3) is 0.176. The van der Waals surface area contributed by atoms with E-state index in [9.17, 15) is 14.9 Å². The van der Waals surface area contributed by atoms with Crippen molar-refractivity contribution in [3.8, 4) is 5.69 Å². The van der Waals surface area contributed by atoms with Crippen LogP contribution >= 0.6 is 27.7 Å². The van der Waals surface area contributed by atoms with E-state index in [-0.39, 0.29) is 17.1 Å². The third-order valence-corrected chi connectivity index (χ3v) is 5.28. The van der Waals surface area contributed by atoms with Crippen LogP contribution in [0.2, 0.25) is 0 Å². The molecule has 0 saturated heterocycles. The molecule has 0 bridgehead atoms. The largest absolute Gasteiger partial charge is 0.320 e. The van der Waals surface area contributed by atoms with Gasteiger partial charge in [0.1, 0.15) is 5.69 Å². The van der Waals surface area contributed by atoms with Gasteiger partial charge in [0.2, 0.25) is 11.1 Å². The lowest BCUT2D eigenvalue weighted by molar-refractivity contribution is -0.383. The predicted octanol–water partition coefficient (Wildman–Crippen LogP) is 3.68. The Hall–Kier alpha value is -2.79. The van der Waals surface area contributed by atoms with E-state index >= 15 is 0 Å². The van der Waals surface area contributed by atoms with Gasteiger partial charge >= 0.3 is 0 Å². The fourth-order valence-electron chi connectivity index (χ4n) is 2.64. The normalized spacial score (nSPS) is 10.7. The second-order valence-corrected chi connectivity index (χ2v) is 7.69. The van der Waals surface area contributed by atoms with E-state index in [1.165, 1.54) is 12.1 Å². The minimum Gasteiger partial charge on any atom is -0.320 e. The number of amides is 1. The van der Waals surface area contributed by atoms with Gasteiger partial charge in [-0.25, -0.2) is 0 Å². The van der Waals surface area contributed by atoms with Crippen LogP contribution in [0.25, 0.3) is 5.69 Å². The Kier molecular flexibility index (Phi) is 6.05. The molecule has 1 amide bonds. The molecule has 11 heteroatoms. The molecule has 0 aliphatic rings. The molecule has 0 saturated carbocycles. The summed E-state index contributed by atoms with van der Waals surface area (Å²) in [5.41, 5.74) is 2.85. The highest BCUT2D eigenvalue weighted by atomic mass is 79.9. The molecule has 0 radical (unpaired) electrons. The second-order valence-electron chi connectivity index (χ2n) is 5.90. The Labute approximate surface area is 172 Å². The maximum atomic E-state index is 12.3. The molecule has 1 heterocycles. The minimum absolute atomic E-state index is 0.00501. The van der Waals surface area contributed by atoms with Gasteiger partial charge in [-0.05, 0) is 63.5 Å². The molecule has 2 aromatic carbocycles. The lowest BCUT2D eigenvalue weighted by Gasteiger charge is -2.11. The Bertz CT molecular complexity index is 1030. The Balaban J connectivity index is 1.75. The molecule has 3 aromatic rings. The number of aryl methyl sites for hydroxylation is 2. The fourth-order valence-corrected chi connectivity index (χ4v) is 4.16. The van der Waals surface area contributed by atoms with Crippen molar-refractivity contribution in [3.63, 3.8) is 0 Å². The summed E-state index contributed by atoms with van der Waals surface area (Å²) in [4.78, 5) is 22.8. The minimum atomic E-state index is -0.541. The summed E-state index contributed by atoms with van der Waals surface area (Å²) in [5.74, 6) is -0.400. The van der Waals surface area contributed by atoms with Crippen LogP contribution in [0.5, 0.6) is 0 Å². The van der Waals surface area contributed by atoms with Gasteiger partial charge in [0, 0.05) is 10.5 Å². The van der Waals surface area contributed by atoms with Crippen molar-refractivity contribution >= 4 is 45.0 Å². The molecule has 144 valence electrons. The van der Waals surface area contributed by atoms with Gasteiger partial charge in [-0.3, -0.25) is 14.9 Å². The quantitative estimate of drug-likeness (QED) is 0.337. The van der Waals surface area contributed by atoms with Gasteiger partial charge in [0.05, 0.1) is 16.4 Å². The smallest absolute Gasteiger partial charge is 0.292 e. The summed E-state index contributed by atoms with van der Waals surface area (Å²) in [5, 5.41) is 25.7. The average molecular weight is 463 g/mol. The maximum Gasteiger partial charge on any atom is 0.292 e. The number of nitro benzene ring substituents is 1. The number of nitrogens with one attached hydrogen (secondary N) is 1. The van der Waals surface area contributed by atoms with Crippen LogP contribution in [0.3, 0.4) is 0 Å². The third kappa shape index (κ3) is 4.37. The van der Waals surface area contributed by atoms with Crippen molar-refractivity contribution < 1.29 is 9.72 Å². The van der Waals surface area contributed by atoms with E-state index in [2.05, 4.69) is 36.8 Å². The molecule has 0 fully saturated rings. The molecule has 9 nitrogen and oxygen atoms in total. The number of carbonyl (C=O) groups excluding carboxylic acids is 1. The zero-order valence-corrected chi connectivity index (χ0v) is 17.3. The topological polar surface area (TPSA) is 116 Å². The first kappa shape index (κ1) is 20.0. The molecular formula is C17H15BrN6O3S. The van der Waals surface area contributed by atoms with Gasteiger partial charge < -0.3 is 5.32 Å². The zero-order chi connectivity index (χ0) is 20.3. The Morgan fingerprint density at radius 1 is 1.32 bits per heavy atom. The third-order valence-electron chi connectivity index (χ3n) is 3.76. The highest BCUT2D eigenvalue weighted by molar-refractivity contribution is 9.10. The first-order valence-corrected chi connectivity index (χ1v) is 9.86. The number of hydrogen-bond donors (Lipinski definition) is 1. The number of para-hydroxylation sites is 2. The van der Waals surface area contributed by atoms with Gasteiger partial charge in [-0.2, -0.15) is 4.68 Å². The number of halogens is 1. The SMILES string of the molecule is Cc1cc(C)c(-n2nnnc2SCC(=O)Nc2ccccc2[N+](=O)[O-])c(Br)c1. The predicted molar refractivity (Wildman–Crippen MR) is 109 cm³/mol. The van der Waals surface area contributed by atoms with Crippen molar-refractivity contribution in [2.24, 2.45) is 0 Å². The number of thioether (sulfide) groups is 1. The van der Waals surface area contributed by atoms with Gasteiger partial charge in [0.25, 0.3) is 5.69 Å². The van der Waals surface area contributed by atoms with Gasteiger partial charge in [-0.15, -0.1) is 5.10 Å². The number of aromatic nitrogens is 4. The summed E-state index contributed by atoms with van der Waals surface area (Å²) >= 11 is 4.67. The molecule has 0 atom stereocenters. The van der Waals surface area contributed by atoms with E-state index in [4.69, 9.17) is 0 Å². The number of anilines is 1. The van der Waals surface area contributed by atoms with Gasteiger partial charge in [-0.1, -0.05) is 30.0 Å². The number of tetrazole rings is 1. The van der Waals surface area contributed by atoms with Crippen LogP contribution < -0.4 is 5.32 Å². The highest BCUT2D eigenvalue weighted by Gasteiger charge is 2.18. The number of hydrogen-bond acceptors (Lipinski definition) is 7. The van der Waals surface area contributed by atoms with Crippen molar-refractivity contribution in [1.82, 2.24) is 20.2 Å². The van der Waals surface area contributed by atoms with E-state index in [0.717, 1.165) is 33.0 Å². The van der Waals surface area contributed by atoms with E-state index in [0.29, 0.717) is 5.16 Å². The van der Waals surface area contributed by atoms with Crippen LogP contribution in [-0.4, -0.2) is 36.8 Å². The average Bonchev–Trinajstić information content (AvgIpc) is 3.07. The molecule has 1 aromatic heterocycles. The molecule has 0 aliphatic heterocycles. The van der Waals surface area contributed by atoms with Crippen molar-refractivity contribution in [3.05, 3.63) is 62.1 Å². The van der Waals surface area contributed by atoms with Crippen LogP contribution in [-0.2, 0) is 4.79 Å². The Morgan fingerprint density at radius 2 is 2.07 bits per heavy atom. The summed E-state index contributed by atoms with van der Waals surface area (Å²) in [6, 6.07) is 9.95. The van der Waals surface area contributed by atoms with E-state index < -0.39 is 10.8 Å². The van der Waals surface area contributed by atoms with Crippen LogP contribution in [0.4, 0.5) is 11.4 Å². The van der Waals surface area contributed by atoms with Crippen molar-refractivity contribution in [2.75, 3.05) is 11.1 Å². The lowest BCUT2D eigenvalue weighted by atomic mass is 10.1. The number of nitro groups is 1. The van der Waals surface area contributed by atoms with Crippen molar-refractivity contribution in [1.29, 1.82) is 0 Å². The summed E-state index contributed by atoms with van der Waals surface area (Å²) in [7, 11) is 0. The van der Waals surface area contributed by atoms with E-state index in [1.54, 1.807) is 16.8 Å². The van der Waals surface area contributed by atoms with Crippen molar-refractivity contribution in [2.45, 2.75) is 19.0 Å². The molecule has 3 rings (SSSR count). The molecule has 1 N–H and O–H groups in total. The van der Waals surface area contributed by atoms with Crippen LogP contribution in [0.15, 0.2) is 46.0 Å². The summed E-state index contributed by atoms with van der Waals surface area (Å²) in [6.45, 7) is 3.94. The standard InChI is InChI=1S/C17H15BrN6O3S/c1-10-7-11(2)16(12(18)8-10)23-17(20-21-22-23)28-9-15(25)19-13-5-3-4-6-14(13)24(26)27/h3-8H,9H2,1-2H3,(H,19,25). The lowest BCUT2D eigenvalue weighted by Crippen LogP contribution is -2.15. The molecule has 28 heavy (non-hydrogen) atoms. The highest BCUT2D eigenvalue weighted by Crippen LogP contribution is 2.29. The first-order valence-electron chi connectivity index (χ1n) is 8.08. The monoisotopic (exact) mass is 462 g/mol. The number of benzene rings is 2. The Morgan fingerprint density at radius 3 is 2.79 bits per heavy atom. The van der Waals surface area contributed by atoms with Crippen LogP contribution in [0.1, 0.15) is 11.1 Å². The first-order chi connectivity index (χ1) is 13.4. The van der Waals surface area contributed by atoms with E-state index in [1.807, 2.05) is 26.0 Å². The van der Waals surface area contributed by atoms with Gasteiger partial charge in [0.15, 0.2) is 0 Å².